The van der Waals surface area contributed by atoms with Crippen molar-refractivity contribution < 1.29 is 0 Å². The number of fused-ring (bicyclic) bond motifs is 1. The van der Waals surface area contributed by atoms with Crippen LogP contribution in [0.2, 0.25) is 0 Å². The fourth-order valence-electron chi connectivity index (χ4n) is 3.37. The average molecular weight is 166 g/mol. The Bertz CT molecular complexity index is 170. The van der Waals surface area contributed by atoms with E-state index in [1.54, 1.807) is 0 Å². The highest BCUT2D eigenvalue weighted by molar-refractivity contribution is 5.07. The van der Waals surface area contributed by atoms with Gasteiger partial charge in [-0.1, -0.05) is 34.1 Å². The molecule has 0 aromatic rings. The summed E-state index contributed by atoms with van der Waals surface area (Å²) >= 11 is 0. The van der Waals surface area contributed by atoms with E-state index >= 15 is 0 Å². The lowest BCUT2D eigenvalue weighted by molar-refractivity contribution is 0.172. The van der Waals surface area contributed by atoms with Gasteiger partial charge in [-0.05, 0) is 41.9 Å². The van der Waals surface area contributed by atoms with E-state index in [2.05, 4.69) is 27.7 Å². The SMILES string of the molecule is CCC(C)C1(C)CC2C(C)C2C1. The van der Waals surface area contributed by atoms with Crippen molar-refractivity contribution in [2.75, 3.05) is 0 Å². The zero-order valence-corrected chi connectivity index (χ0v) is 8.93. The number of hydrogen-bond donors (Lipinski definition) is 0. The van der Waals surface area contributed by atoms with E-state index < -0.39 is 0 Å². The van der Waals surface area contributed by atoms with Gasteiger partial charge in [0, 0.05) is 0 Å². The lowest BCUT2D eigenvalue weighted by Gasteiger charge is -2.33. The van der Waals surface area contributed by atoms with Crippen LogP contribution in [0.15, 0.2) is 0 Å². The Kier molecular flexibility index (Phi) is 1.79. The summed E-state index contributed by atoms with van der Waals surface area (Å²) in [7, 11) is 0. The molecule has 0 aromatic heterocycles. The molecule has 2 aliphatic rings. The van der Waals surface area contributed by atoms with Gasteiger partial charge in [-0.15, -0.1) is 0 Å². The molecule has 70 valence electrons. The van der Waals surface area contributed by atoms with Crippen LogP contribution in [0.1, 0.15) is 47.0 Å². The van der Waals surface area contributed by atoms with Crippen molar-refractivity contribution in [3.05, 3.63) is 0 Å². The van der Waals surface area contributed by atoms with Crippen molar-refractivity contribution in [3.63, 3.8) is 0 Å². The summed E-state index contributed by atoms with van der Waals surface area (Å²) in [5.41, 5.74) is 0.705. The van der Waals surface area contributed by atoms with Crippen LogP contribution in [0, 0.1) is 29.1 Å². The summed E-state index contributed by atoms with van der Waals surface area (Å²) in [6.07, 6.45) is 4.41. The second-order valence-electron chi connectivity index (χ2n) is 5.56. The van der Waals surface area contributed by atoms with Gasteiger partial charge >= 0.3 is 0 Å². The van der Waals surface area contributed by atoms with E-state index in [-0.39, 0.29) is 0 Å². The van der Waals surface area contributed by atoms with E-state index in [9.17, 15) is 0 Å². The van der Waals surface area contributed by atoms with Gasteiger partial charge in [-0.2, -0.15) is 0 Å². The minimum absolute atomic E-state index is 0.705. The first kappa shape index (κ1) is 8.59. The predicted molar refractivity (Wildman–Crippen MR) is 52.9 cm³/mol. The maximum absolute atomic E-state index is 2.51. The molecule has 0 bridgehead atoms. The largest absolute Gasteiger partial charge is 0.0651 e. The molecule has 0 heterocycles. The van der Waals surface area contributed by atoms with Crippen molar-refractivity contribution in [2.45, 2.75) is 47.0 Å². The third-order valence-corrected chi connectivity index (χ3v) is 4.97. The Morgan fingerprint density at radius 3 is 2.25 bits per heavy atom. The fourth-order valence-corrected chi connectivity index (χ4v) is 3.37. The molecule has 2 saturated carbocycles. The standard InChI is InChI=1S/C12H22/c1-5-8(2)12(4)6-10-9(3)11(10)7-12/h8-11H,5-7H2,1-4H3. The highest BCUT2D eigenvalue weighted by Crippen LogP contribution is 2.65. The predicted octanol–water partition coefficient (Wildman–Crippen LogP) is 3.71. The van der Waals surface area contributed by atoms with E-state index in [1.165, 1.54) is 19.3 Å². The van der Waals surface area contributed by atoms with Gasteiger partial charge in [0.2, 0.25) is 0 Å². The van der Waals surface area contributed by atoms with E-state index in [0.717, 1.165) is 23.7 Å². The normalized spacial score (nSPS) is 53.5. The molecular weight excluding hydrogens is 144 g/mol. The molecule has 2 fully saturated rings. The van der Waals surface area contributed by atoms with Gasteiger partial charge in [-0.3, -0.25) is 0 Å². The first-order chi connectivity index (χ1) is 5.58. The fraction of sp³-hybridized carbons (Fsp3) is 1.00. The molecule has 12 heavy (non-hydrogen) atoms. The highest BCUT2D eigenvalue weighted by Gasteiger charge is 2.58. The number of rotatable bonds is 2. The van der Waals surface area contributed by atoms with E-state index in [0.29, 0.717) is 5.41 Å². The van der Waals surface area contributed by atoms with Gasteiger partial charge in [0.1, 0.15) is 0 Å². The Labute approximate surface area is 76.7 Å². The maximum atomic E-state index is 2.51. The minimum Gasteiger partial charge on any atom is -0.0651 e. The zero-order valence-electron chi connectivity index (χ0n) is 8.93. The molecule has 0 amide bonds. The summed E-state index contributed by atoms with van der Waals surface area (Å²) in [6.45, 7) is 9.73. The zero-order chi connectivity index (χ0) is 8.93. The van der Waals surface area contributed by atoms with Crippen LogP contribution >= 0.6 is 0 Å². The van der Waals surface area contributed by atoms with Crippen molar-refractivity contribution in [1.29, 1.82) is 0 Å². The van der Waals surface area contributed by atoms with Crippen molar-refractivity contribution in [1.82, 2.24) is 0 Å². The quantitative estimate of drug-likeness (QED) is 0.586. The smallest absolute Gasteiger partial charge is 0.0295 e. The molecule has 0 aromatic carbocycles. The van der Waals surface area contributed by atoms with Crippen molar-refractivity contribution >= 4 is 0 Å². The molecule has 3 atom stereocenters. The molecule has 2 aliphatic carbocycles. The molecule has 3 unspecified atom stereocenters. The van der Waals surface area contributed by atoms with Crippen LogP contribution in [0.3, 0.4) is 0 Å². The van der Waals surface area contributed by atoms with E-state index in [4.69, 9.17) is 0 Å². The lowest BCUT2D eigenvalue weighted by atomic mass is 9.72. The molecule has 0 spiro atoms. The topological polar surface area (TPSA) is 0 Å². The molecule has 0 nitrogen and oxygen atoms in total. The highest BCUT2D eigenvalue weighted by atomic mass is 14.6. The number of hydrogen-bond acceptors (Lipinski definition) is 0. The van der Waals surface area contributed by atoms with Crippen LogP contribution in [0.25, 0.3) is 0 Å². The third kappa shape index (κ3) is 1.03. The van der Waals surface area contributed by atoms with Crippen LogP contribution < -0.4 is 0 Å². The second kappa shape index (κ2) is 2.49. The molecular formula is C12H22. The van der Waals surface area contributed by atoms with Gasteiger partial charge in [0.05, 0.1) is 0 Å². The van der Waals surface area contributed by atoms with Gasteiger partial charge in [-0.25, -0.2) is 0 Å². The first-order valence-electron chi connectivity index (χ1n) is 5.58. The summed E-state index contributed by atoms with van der Waals surface area (Å²) in [5, 5.41) is 0. The molecule has 0 heteroatoms. The van der Waals surface area contributed by atoms with Crippen molar-refractivity contribution in [3.8, 4) is 0 Å². The molecule has 0 aliphatic heterocycles. The summed E-state index contributed by atoms with van der Waals surface area (Å²) in [5.74, 6) is 4.24. The first-order valence-corrected chi connectivity index (χ1v) is 5.58. The van der Waals surface area contributed by atoms with Gasteiger partial charge in [0.15, 0.2) is 0 Å². The molecule has 0 N–H and O–H groups in total. The van der Waals surface area contributed by atoms with Crippen LogP contribution in [0.5, 0.6) is 0 Å². The Hall–Kier alpha value is 0. The minimum atomic E-state index is 0.705. The summed E-state index contributed by atoms with van der Waals surface area (Å²) < 4.78 is 0. The van der Waals surface area contributed by atoms with Crippen LogP contribution in [0.4, 0.5) is 0 Å². The van der Waals surface area contributed by atoms with Crippen LogP contribution in [-0.2, 0) is 0 Å². The second-order valence-corrected chi connectivity index (χ2v) is 5.56. The Morgan fingerprint density at radius 1 is 1.33 bits per heavy atom. The summed E-state index contributed by atoms with van der Waals surface area (Å²) in [4.78, 5) is 0. The van der Waals surface area contributed by atoms with Gasteiger partial charge < -0.3 is 0 Å². The third-order valence-electron chi connectivity index (χ3n) is 4.97. The Morgan fingerprint density at radius 2 is 1.83 bits per heavy atom. The summed E-state index contributed by atoms with van der Waals surface area (Å²) in [6, 6.07) is 0. The molecule has 2 rings (SSSR count). The van der Waals surface area contributed by atoms with Gasteiger partial charge in [0.25, 0.3) is 0 Å². The molecule has 0 saturated heterocycles. The monoisotopic (exact) mass is 166 g/mol. The maximum Gasteiger partial charge on any atom is -0.0295 e. The Balaban J connectivity index is 1.99. The van der Waals surface area contributed by atoms with Crippen molar-refractivity contribution in [2.24, 2.45) is 29.1 Å². The lowest BCUT2D eigenvalue weighted by Crippen LogP contribution is -2.23. The van der Waals surface area contributed by atoms with Crippen LogP contribution in [-0.4, -0.2) is 0 Å². The van der Waals surface area contributed by atoms with E-state index in [1.807, 2.05) is 0 Å². The molecule has 0 radical (unpaired) electrons. The average Bonchev–Trinajstić information content (AvgIpc) is 2.52.